The van der Waals surface area contributed by atoms with E-state index in [1.165, 1.54) is 12.1 Å². The lowest BCUT2D eigenvalue weighted by atomic mass is 10.1. The SMILES string of the molecule is Fc1ccc(-c2[nH]ncc2CNCCCn2ccnc2)cc1. The van der Waals surface area contributed by atoms with Gasteiger partial charge in [0.15, 0.2) is 0 Å². The molecule has 3 aromatic rings. The standard InChI is InChI=1S/C16H18FN5/c17-15-4-2-13(3-5-15)16-14(11-20-21-16)10-18-6-1-8-22-9-7-19-12-22/h2-5,7,9,11-12,18H,1,6,8,10H2,(H,20,21). The Hall–Kier alpha value is -2.47. The molecule has 6 heteroatoms. The molecule has 5 nitrogen and oxygen atoms in total. The molecule has 0 amide bonds. The molecule has 0 atom stereocenters. The Morgan fingerprint density at radius 1 is 1.23 bits per heavy atom. The van der Waals surface area contributed by atoms with Crippen molar-refractivity contribution >= 4 is 0 Å². The van der Waals surface area contributed by atoms with Gasteiger partial charge in [0, 0.05) is 36.6 Å². The minimum atomic E-state index is -0.234. The van der Waals surface area contributed by atoms with Crippen molar-refractivity contribution in [1.82, 2.24) is 25.1 Å². The first-order valence-corrected chi connectivity index (χ1v) is 7.27. The fourth-order valence-corrected chi connectivity index (χ4v) is 2.34. The Kier molecular flexibility index (Phi) is 4.60. The van der Waals surface area contributed by atoms with E-state index in [1.54, 1.807) is 18.3 Å². The van der Waals surface area contributed by atoms with Crippen LogP contribution in [0.3, 0.4) is 0 Å². The molecule has 114 valence electrons. The molecule has 0 aliphatic carbocycles. The molecule has 22 heavy (non-hydrogen) atoms. The van der Waals surface area contributed by atoms with E-state index < -0.39 is 0 Å². The Morgan fingerprint density at radius 2 is 2.09 bits per heavy atom. The predicted molar refractivity (Wildman–Crippen MR) is 82.5 cm³/mol. The molecule has 0 aliphatic rings. The van der Waals surface area contributed by atoms with Gasteiger partial charge in [-0.3, -0.25) is 5.10 Å². The second-order valence-corrected chi connectivity index (χ2v) is 5.11. The number of halogens is 1. The lowest BCUT2D eigenvalue weighted by Gasteiger charge is -2.06. The van der Waals surface area contributed by atoms with Crippen molar-refractivity contribution in [2.75, 3.05) is 6.54 Å². The number of aryl methyl sites for hydroxylation is 1. The maximum absolute atomic E-state index is 13.0. The van der Waals surface area contributed by atoms with Crippen molar-refractivity contribution in [3.63, 3.8) is 0 Å². The van der Waals surface area contributed by atoms with Crippen molar-refractivity contribution in [2.24, 2.45) is 0 Å². The number of aromatic nitrogens is 4. The summed E-state index contributed by atoms with van der Waals surface area (Å²) in [5.41, 5.74) is 2.95. The summed E-state index contributed by atoms with van der Waals surface area (Å²) in [6, 6.07) is 6.42. The lowest BCUT2D eigenvalue weighted by Crippen LogP contribution is -2.16. The van der Waals surface area contributed by atoms with Crippen molar-refractivity contribution < 1.29 is 4.39 Å². The summed E-state index contributed by atoms with van der Waals surface area (Å²) in [6.07, 6.45) is 8.40. The van der Waals surface area contributed by atoms with Crippen LogP contribution in [0.2, 0.25) is 0 Å². The zero-order chi connectivity index (χ0) is 15.2. The molecule has 3 rings (SSSR count). The van der Waals surface area contributed by atoms with Gasteiger partial charge in [-0.05, 0) is 37.2 Å². The second kappa shape index (κ2) is 7.00. The summed E-state index contributed by atoms with van der Waals surface area (Å²) in [4.78, 5) is 4.02. The van der Waals surface area contributed by atoms with Crippen molar-refractivity contribution in [1.29, 1.82) is 0 Å². The molecule has 0 saturated carbocycles. The van der Waals surface area contributed by atoms with E-state index in [4.69, 9.17) is 0 Å². The maximum Gasteiger partial charge on any atom is 0.123 e. The van der Waals surface area contributed by atoms with E-state index in [0.29, 0.717) is 0 Å². The van der Waals surface area contributed by atoms with Gasteiger partial charge in [0.05, 0.1) is 18.2 Å². The van der Waals surface area contributed by atoms with E-state index in [1.807, 2.05) is 18.7 Å². The molecule has 0 unspecified atom stereocenters. The molecule has 2 heterocycles. The van der Waals surface area contributed by atoms with Crippen LogP contribution in [0.4, 0.5) is 4.39 Å². The van der Waals surface area contributed by atoms with Crippen LogP contribution >= 0.6 is 0 Å². The Balaban J connectivity index is 1.51. The van der Waals surface area contributed by atoms with Gasteiger partial charge in [0.25, 0.3) is 0 Å². The summed E-state index contributed by atoms with van der Waals surface area (Å²) in [5.74, 6) is -0.234. The molecule has 0 fully saturated rings. The van der Waals surface area contributed by atoms with Crippen LogP contribution in [0.25, 0.3) is 11.3 Å². The monoisotopic (exact) mass is 299 g/mol. The average molecular weight is 299 g/mol. The van der Waals surface area contributed by atoms with E-state index in [-0.39, 0.29) is 5.82 Å². The highest BCUT2D eigenvalue weighted by Gasteiger charge is 2.07. The quantitative estimate of drug-likeness (QED) is 0.659. The molecule has 0 aliphatic heterocycles. The Labute approximate surface area is 128 Å². The molecule has 0 spiro atoms. The van der Waals surface area contributed by atoms with Gasteiger partial charge in [0.2, 0.25) is 0 Å². The van der Waals surface area contributed by atoms with Crippen LogP contribution in [0.1, 0.15) is 12.0 Å². The first-order chi connectivity index (χ1) is 10.8. The molecule has 0 radical (unpaired) electrons. The van der Waals surface area contributed by atoms with Gasteiger partial charge in [-0.2, -0.15) is 5.10 Å². The summed E-state index contributed by atoms with van der Waals surface area (Å²) >= 11 is 0. The van der Waals surface area contributed by atoms with E-state index in [2.05, 4.69) is 25.1 Å². The topological polar surface area (TPSA) is 58.5 Å². The fraction of sp³-hybridized carbons (Fsp3) is 0.250. The number of rotatable bonds is 7. The number of benzene rings is 1. The van der Waals surface area contributed by atoms with Crippen LogP contribution in [-0.4, -0.2) is 26.3 Å². The molecule has 2 aromatic heterocycles. The van der Waals surface area contributed by atoms with Crippen molar-refractivity contribution in [3.8, 4) is 11.3 Å². The number of imidazole rings is 1. The van der Waals surface area contributed by atoms with Crippen LogP contribution in [0.5, 0.6) is 0 Å². The highest BCUT2D eigenvalue weighted by molar-refractivity contribution is 5.62. The number of nitrogens with zero attached hydrogens (tertiary/aromatic N) is 3. The van der Waals surface area contributed by atoms with Crippen molar-refractivity contribution in [3.05, 3.63) is 60.6 Å². The van der Waals surface area contributed by atoms with Gasteiger partial charge in [-0.25, -0.2) is 9.37 Å². The fourth-order valence-electron chi connectivity index (χ4n) is 2.34. The normalized spacial score (nSPS) is 11.0. The predicted octanol–water partition coefficient (Wildman–Crippen LogP) is 2.59. The van der Waals surface area contributed by atoms with Gasteiger partial charge in [0.1, 0.15) is 5.82 Å². The van der Waals surface area contributed by atoms with Crippen molar-refractivity contribution in [2.45, 2.75) is 19.5 Å². The van der Waals surface area contributed by atoms with Gasteiger partial charge < -0.3 is 9.88 Å². The highest BCUT2D eigenvalue weighted by atomic mass is 19.1. The summed E-state index contributed by atoms with van der Waals surface area (Å²) < 4.78 is 15.0. The summed E-state index contributed by atoms with van der Waals surface area (Å²) in [5, 5.41) is 10.5. The molecule has 0 bridgehead atoms. The highest BCUT2D eigenvalue weighted by Crippen LogP contribution is 2.21. The molecule has 2 N–H and O–H groups in total. The second-order valence-electron chi connectivity index (χ2n) is 5.11. The molecular formula is C16H18FN5. The number of hydrogen-bond donors (Lipinski definition) is 2. The third-order valence-corrected chi connectivity index (χ3v) is 3.50. The Morgan fingerprint density at radius 3 is 2.86 bits per heavy atom. The molecular weight excluding hydrogens is 281 g/mol. The minimum absolute atomic E-state index is 0.234. The third kappa shape index (κ3) is 3.59. The van der Waals surface area contributed by atoms with Gasteiger partial charge >= 0.3 is 0 Å². The van der Waals surface area contributed by atoms with Crippen LogP contribution in [-0.2, 0) is 13.1 Å². The largest absolute Gasteiger partial charge is 0.337 e. The molecule has 0 saturated heterocycles. The minimum Gasteiger partial charge on any atom is -0.337 e. The van der Waals surface area contributed by atoms with E-state index in [9.17, 15) is 4.39 Å². The van der Waals surface area contributed by atoms with Crippen LogP contribution in [0, 0.1) is 5.82 Å². The third-order valence-electron chi connectivity index (χ3n) is 3.50. The zero-order valence-corrected chi connectivity index (χ0v) is 12.2. The molecule has 1 aromatic carbocycles. The van der Waals surface area contributed by atoms with E-state index >= 15 is 0 Å². The van der Waals surface area contributed by atoms with Crippen LogP contribution in [0.15, 0.2) is 49.2 Å². The number of nitrogens with one attached hydrogen (secondary N) is 2. The number of aromatic amines is 1. The Bertz CT molecular complexity index is 688. The van der Waals surface area contributed by atoms with Crippen LogP contribution < -0.4 is 5.32 Å². The first kappa shape index (κ1) is 14.5. The number of hydrogen-bond acceptors (Lipinski definition) is 3. The summed E-state index contributed by atoms with van der Waals surface area (Å²) in [6.45, 7) is 2.59. The van der Waals surface area contributed by atoms with E-state index in [0.717, 1.165) is 42.9 Å². The lowest BCUT2D eigenvalue weighted by molar-refractivity contribution is 0.581. The average Bonchev–Trinajstić information content (AvgIpc) is 3.19. The zero-order valence-electron chi connectivity index (χ0n) is 12.2. The number of H-pyrrole nitrogens is 1. The first-order valence-electron chi connectivity index (χ1n) is 7.27. The van der Waals surface area contributed by atoms with Gasteiger partial charge in [-0.1, -0.05) is 0 Å². The maximum atomic E-state index is 13.0. The smallest absolute Gasteiger partial charge is 0.123 e. The van der Waals surface area contributed by atoms with Gasteiger partial charge in [-0.15, -0.1) is 0 Å². The summed E-state index contributed by atoms with van der Waals surface area (Å²) in [7, 11) is 0.